The average molecular weight is 259 g/mol. The van der Waals surface area contributed by atoms with E-state index < -0.39 is 0 Å². The van der Waals surface area contributed by atoms with Crippen LogP contribution in [0.25, 0.3) is 11.1 Å². The summed E-state index contributed by atoms with van der Waals surface area (Å²) < 4.78 is 0. The van der Waals surface area contributed by atoms with E-state index in [1.807, 2.05) is 6.07 Å². The van der Waals surface area contributed by atoms with E-state index in [4.69, 9.17) is 11.6 Å². The molecule has 1 heteroatoms. The van der Waals surface area contributed by atoms with Crippen LogP contribution in [0.5, 0.6) is 0 Å². The van der Waals surface area contributed by atoms with Gasteiger partial charge in [0.2, 0.25) is 0 Å². The molecule has 0 bridgehead atoms. The van der Waals surface area contributed by atoms with Crippen molar-refractivity contribution in [1.82, 2.24) is 0 Å². The Morgan fingerprint density at radius 1 is 1.06 bits per heavy atom. The maximum Gasteiger partial charge on any atom is 0.0412 e. The van der Waals surface area contributed by atoms with E-state index in [2.05, 4.69) is 57.2 Å². The molecule has 0 saturated carbocycles. The zero-order valence-electron chi connectivity index (χ0n) is 11.2. The number of halogens is 1. The van der Waals surface area contributed by atoms with Gasteiger partial charge in [-0.15, -0.1) is 0 Å². The summed E-state index contributed by atoms with van der Waals surface area (Å²) in [6.07, 6.45) is 1.14. The quantitative estimate of drug-likeness (QED) is 0.650. The van der Waals surface area contributed by atoms with Crippen molar-refractivity contribution in [2.24, 2.45) is 0 Å². The zero-order valence-corrected chi connectivity index (χ0v) is 12.0. The van der Waals surface area contributed by atoms with Crippen molar-refractivity contribution in [3.63, 3.8) is 0 Å². The summed E-state index contributed by atoms with van der Waals surface area (Å²) >= 11 is 6.15. The summed E-state index contributed by atoms with van der Waals surface area (Å²) in [5.41, 5.74) is 5.17. The van der Waals surface area contributed by atoms with E-state index in [0.29, 0.717) is 5.92 Å². The third-order valence-electron chi connectivity index (χ3n) is 3.52. The van der Waals surface area contributed by atoms with Crippen molar-refractivity contribution in [2.75, 3.05) is 0 Å². The van der Waals surface area contributed by atoms with Gasteiger partial charge in [0.1, 0.15) is 0 Å². The van der Waals surface area contributed by atoms with Crippen molar-refractivity contribution in [1.29, 1.82) is 0 Å². The highest BCUT2D eigenvalue weighted by Crippen LogP contribution is 2.33. The molecule has 2 aromatic rings. The molecule has 94 valence electrons. The SMILES string of the molecule is CCC(C)c1ccc(Cl)cc1-c1ccc(C)cc1. The molecular weight excluding hydrogens is 240 g/mol. The first-order chi connectivity index (χ1) is 8.61. The van der Waals surface area contributed by atoms with Crippen LogP contribution in [0.2, 0.25) is 5.02 Å². The van der Waals surface area contributed by atoms with Crippen LogP contribution in [0.4, 0.5) is 0 Å². The molecule has 0 spiro atoms. The Morgan fingerprint density at radius 2 is 1.72 bits per heavy atom. The Balaban J connectivity index is 2.54. The van der Waals surface area contributed by atoms with Gasteiger partial charge in [-0.1, -0.05) is 61.3 Å². The predicted octanol–water partition coefficient (Wildman–Crippen LogP) is 5.83. The van der Waals surface area contributed by atoms with Crippen LogP contribution in [0.3, 0.4) is 0 Å². The maximum atomic E-state index is 6.15. The minimum atomic E-state index is 0.554. The topological polar surface area (TPSA) is 0 Å². The van der Waals surface area contributed by atoms with Gasteiger partial charge in [0.05, 0.1) is 0 Å². The number of hydrogen-bond acceptors (Lipinski definition) is 0. The molecule has 0 aliphatic carbocycles. The van der Waals surface area contributed by atoms with Gasteiger partial charge in [-0.05, 0) is 48.1 Å². The maximum absolute atomic E-state index is 6.15. The summed E-state index contributed by atoms with van der Waals surface area (Å²) in [5.74, 6) is 0.554. The molecule has 0 heterocycles. The molecule has 1 unspecified atom stereocenters. The molecule has 1 atom stereocenters. The van der Waals surface area contributed by atoms with E-state index in [1.54, 1.807) is 0 Å². The lowest BCUT2D eigenvalue weighted by molar-refractivity contribution is 0.735. The van der Waals surface area contributed by atoms with Crippen molar-refractivity contribution in [3.8, 4) is 11.1 Å². The number of benzene rings is 2. The summed E-state index contributed by atoms with van der Waals surface area (Å²) in [6.45, 7) is 6.59. The van der Waals surface area contributed by atoms with E-state index >= 15 is 0 Å². The molecule has 0 fully saturated rings. The molecule has 0 radical (unpaired) electrons. The minimum Gasteiger partial charge on any atom is -0.0843 e. The fourth-order valence-corrected chi connectivity index (χ4v) is 2.33. The van der Waals surface area contributed by atoms with Gasteiger partial charge in [0, 0.05) is 5.02 Å². The lowest BCUT2D eigenvalue weighted by Crippen LogP contribution is -1.95. The fraction of sp³-hybridized carbons (Fsp3) is 0.294. The molecular formula is C17H19Cl. The first-order valence-corrected chi connectivity index (χ1v) is 6.86. The summed E-state index contributed by atoms with van der Waals surface area (Å²) in [5, 5.41) is 0.803. The second-order valence-corrected chi connectivity index (χ2v) is 5.34. The molecule has 0 aromatic heterocycles. The van der Waals surface area contributed by atoms with Gasteiger partial charge in [-0.2, -0.15) is 0 Å². The highest BCUT2D eigenvalue weighted by Gasteiger charge is 2.11. The highest BCUT2D eigenvalue weighted by atomic mass is 35.5. The van der Waals surface area contributed by atoms with Crippen molar-refractivity contribution in [2.45, 2.75) is 33.1 Å². The molecule has 0 N–H and O–H groups in total. The van der Waals surface area contributed by atoms with E-state index in [1.165, 1.54) is 22.3 Å². The standard InChI is InChI=1S/C17H19Cl/c1-4-13(3)16-10-9-15(18)11-17(16)14-7-5-12(2)6-8-14/h5-11,13H,4H2,1-3H3. The summed E-state index contributed by atoms with van der Waals surface area (Å²) in [6, 6.07) is 14.9. The lowest BCUT2D eigenvalue weighted by atomic mass is 9.90. The lowest BCUT2D eigenvalue weighted by Gasteiger charge is -2.16. The molecule has 0 aliphatic rings. The zero-order chi connectivity index (χ0) is 13.1. The highest BCUT2D eigenvalue weighted by molar-refractivity contribution is 6.30. The molecule has 18 heavy (non-hydrogen) atoms. The molecule has 2 aromatic carbocycles. The third kappa shape index (κ3) is 2.76. The normalized spacial score (nSPS) is 12.4. The third-order valence-corrected chi connectivity index (χ3v) is 3.76. The second-order valence-electron chi connectivity index (χ2n) is 4.91. The Hall–Kier alpha value is -1.27. The van der Waals surface area contributed by atoms with Crippen LogP contribution in [-0.2, 0) is 0 Å². The Kier molecular flexibility index (Phi) is 4.08. The number of rotatable bonds is 3. The summed E-state index contributed by atoms with van der Waals surface area (Å²) in [4.78, 5) is 0. The first kappa shape index (κ1) is 13.2. The van der Waals surface area contributed by atoms with Crippen molar-refractivity contribution in [3.05, 3.63) is 58.6 Å². The van der Waals surface area contributed by atoms with E-state index in [0.717, 1.165) is 11.4 Å². The van der Waals surface area contributed by atoms with Crippen molar-refractivity contribution < 1.29 is 0 Å². The molecule has 0 aliphatic heterocycles. The van der Waals surface area contributed by atoms with Gasteiger partial charge in [-0.25, -0.2) is 0 Å². The van der Waals surface area contributed by atoms with Crippen LogP contribution in [0.1, 0.15) is 37.3 Å². The van der Waals surface area contributed by atoms with E-state index in [-0.39, 0.29) is 0 Å². The van der Waals surface area contributed by atoms with Crippen LogP contribution in [0, 0.1) is 6.92 Å². The fourth-order valence-electron chi connectivity index (χ4n) is 2.16. The van der Waals surface area contributed by atoms with Gasteiger partial charge in [0.15, 0.2) is 0 Å². The molecule has 0 nitrogen and oxygen atoms in total. The van der Waals surface area contributed by atoms with Crippen LogP contribution in [0.15, 0.2) is 42.5 Å². The Morgan fingerprint density at radius 3 is 2.33 bits per heavy atom. The average Bonchev–Trinajstić information content (AvgIpc) is 2.38. The van der Waals surface area contributed by atoms with Gasteiger partial charge < -0.3 is 0 Å². The van der Waals surface area contributed by atoms with Gasteiger partial charge >= 0.3 is 0 Å². The largest absolute Gasteiger partial charge is 0.0843 e. The van der Waals surface area contributed by atoms with Crippen LogP contribution in [-0.4, -0.2) is 0 Å². The van der Waals surface area contributed by atoms with Crippen LogP contribution < -0.4 is 0 Å². The summed E-state index contributed by atoms with van der Waals surface area (Å²) in [7, 11) is 0. The monoisotopic (exact) mass is 258 g/mol. The van der Waals surface area contributed by atoms with E-state index in [9.17, 15) is 0 Å². The van der Waals surface area contributed by atoms with Gasteiger partial charge in [0.25, 0.3) is 0 Å². The number of aryl methyl sites for hydroxylation is 1. The number of hydrogen-bond donors (Lipinski definition) is 0. The van der Waals surface area contributed by atoms with Crippen molar-refractivity contribution >= 4 is 11.6 Å². The minimum absolute atomic E-state index is 0.554. The molecule has 0 amide bonds. The molecule has 0 saturated heterocycles. The van der Waals surface area contributed by atoms with Crippen LogP contribution >= 0.6 is 11.6 Å². The predicted molar refractivity (Wildman–Crippen MR) is 80.3 cm³/mol. The Labute approximate surface area is 115 Å². The van der Waals surface area contributed by atoms with Gasteiger partial charge in [-0.3, -0.25) is 0 Å². The molecule has 2 rings (SSSR count). The Bertz CT molecular complexity index is 526. The smallest absolute Gasteiger partial charge is 0.0412 e. The second kappa shape index (κ2) is 5.58. The first-order valence-electron chi connectivity index (χ1n) is 6.48.